The summed E-state index contributed by atoms with van der Waals surface area (Å²) in [5.41, 5.74) is 0. The SMILES string of the molecule is CCCCCC/C=C\C/C=C\CCCCCCCCCCOCC(COP(=O)([O-])OCC[N+](C)(C)C)OC(=O)CCCCCCCCCCCCCCCCCCCCCCCCCCC. The highest BCUT2D eigenvalue weighted by Crippen LogP contribution is 2.38. The largest absolute Gasteiger partial charge is 0.756 e. The van der Waals surface area contributed by atoms with Crippen molar-refractivity contribution in [2.24, 2.45) is 0 Å². The molecule has 0 bridgehead atoms. The Kier molecular flexibility index (Phi) is 49.6. The second kappa shape index (κ2) is 50.4. The van der Waals surface area contributed by atoms with Crippen LogP contribution in [0.3, 0.4) is 0 Å². The first-order valence-corrected chi connectivity index (χ1v) is 30.0. The highest BCUT2D eigenvalue weighted by Gasteiger charge is 2.20. The lowest BCUT2D eigenvalue weighted by Gasteiger charge is -2.28. The number of carbonyl (C=O) groups excluding carboxylic acids is 1. The Balaban J connectivity index is 4.03. The summed E-state index contributed by atoms with van der Waals surface area (Å²) in [6.45, 7) is 5.45. The van der Waals surface area contributed by atoms with E-state index < -0.39 is 13.9 Å². The molecule has 0 heterocycles. The van der Waals surface area contributed by atoms with Gasteiger partial charge < -0.3 is 27.9 Å². The van der Waals surface area contributed by atoms with Crippen molar-refractivity contribution >= 4 is 13.8 Å². The van der Waals surface area contributed by atoms with Gasteiger partial charge in [-0.3, -0.25) is 9.36 Å². The van der Waals surface area contributed by atoms with Gasteiger partial charge in [0.15, 0.2) is 0 Å². The number of carbonyl (C=O) groups is 1. The number of phosphoric ester groups is 1. The summed E-state index contributed by atoms with van der Waals surface area (Å²) in [5.74, 6) is -0.329. The number of ether oxygens (including phenoxy) is 2. The summed E-state index contributed by atoms with van der Waals surface area (Å²) < 4.78 is 34.8. The highest BCUT2D eigenvalue weighted by molar-refractivity contribution is 7.45. The predicted octanol–water partition coefficient (Wildman–Crippen LogP) is 17.3. The molecule has 0 aromatic rings. The van der Waals surface area contributed by atoms with E-state index in [1.165, 1.54) is 218 Å². The van der Waals surface area contributed by atoms with Gasteiger partial charge in [-0.25, -0.2) is 0 Å². The lowest BCUT2D eigenvalue weighted by molar-refractivity contribution is -0.870. The van der Waals surface area contributed by atoms with E-state index >= 15 is 0 Å². The highest BCUT2D eigenvalue weighted by atomic mass is 31.2. The molecule has 0 radical (unpaired) electrons. The van der Waals surface area contributed by atoms with Crippen molar-refractivity contribution in [2.45, 2.75) is 283 Å². The summed E-state index contributed by atoms with van der Waals surface area (Å²) in [6, 6.07) is 0. The molecular formula is C57H112NO7P. The molecule has 0 fully saturated rings. The van der Waals surface area contributed by atoms with E-state index in [4.69, 9.17) is 18.5 Å². The summed E-state index contributed by atoms with van der Waals surface area (Å²) in [7, 11) is 1.37. The summed E-state index contributed by atoms with van der Waals surface area (Å²) >= 11 is 0. The monoisotopic (exact) mass is 954 g/mol. The Hall–Kier alpha value is -1.02. The van der Waals surface area contributed by atoms with Crippen LogP contribution in [0.2, 0.25) is 0 Å². The van der Waals surface area contributed by atoms with E-state index in [1.807, 2.05) is 21.1 Å². The molecule has 392 valence electrons. The smallest absolute Gasteiger partial charge is 0.306 e. The Morgan fingerprint density at radius 3 is 1.24 bits per heavy atom. The Bertz CT molecular complexity index is 1110. The van der Waals surface area contributed by atoms with Crippen LogP contribution in [-0.2, 0) is 27.9 Å². The number of esters is 1. The van der Waals surface area contributed by atoms with E-state index in [-0.39, 0.29) is 25.8 Å². The van der Waals surface area contributed by atoms with E-state index in [9.17, 15) is 14.3 Å². The molecular weight excluding hydrogens is 842 g/mol. The third kappa shape index (κ3) is 53.9. The van der Waals surface area contributed by atoms with Gasteiger partial charge in [-0.1, -0.05) is 250 Å². The Labute approximate surface area is 411 Å². The molecule has 2 unspecified atom stereocenters. The third-order valence-corrected chi connectivity index (χ3v) is 13.7. The van der Waals surface area contributed by atoms with Crippen molar-refractivity contribution in [3.63, 3.8) is 0 Å². The summed E-state index contributed by atoms with van der Waals surface area (Å²) in [4.78, 5) is 25.2. The first-order valence-electron chi connectivity index (χ1n) is 28.6. The number of quaternary nitrogens is 1. The zero-order valence-corrected chi connectivity index (χ0v) is 45.6. The minimum Gasteiger partial charge on any atom is -0.756 e. The summed E-state index contributed by atoms with van der Waals surface area (Å²) in [6.07, 6.45) is 60.7. The molecule has 0 aromatic heterocycles. The number of unbranched alkanes of at least 4 members (excludes halogenated alkanes) is 36. The van der Waals surface area contributed by atoms with E-state index in [1.54, 1.807) is 0 Å². The molecule has 0 aliphatic rings. The summed E-state index contributed by atoms with van der Waals surface area (Å²) in [5, 5.41) is 0. The minimum absolute atomic E-state index is 0.0274. The maximum atomic E-state index is 12.8. The predicted molar refractivity (Wildman–Crippen MR) is 282 cm³/mol. The zero-order chi connectivity index (χ0) is 48.3. The van der Waals surface area contributed by atoms with Crippen LogP contribution in [-0.4, -0.2) is 70.7 Å². The van der Waals surface area contributed by atoms with Crippen LogP contribution in [0.4, 0.5) is 0 Å². The average molecular weight is 954 g/mol. The molecule has 0 aromatic carbocycles. The van der Waals surface area contributed by atoms with Gasteiger partial charge in [0.2, 0.25) is 0 Å². The topological polar surface area (TPSA) is 94.1 Å². The van der Waals surface area contributed by atoms with Crippen LogP contribution in [0.1, 0.15) is 277 Å². The first-order chi connectivity index (χ1) is 32.1. The van der Waals surface area contributed by atoms with E-state index in [0.29, 0.717) is 24.1 Å². The first kappa shape index (κ1) is 65.0. The van der Waals surface area contributed by atoms with Crippen molar-refractivity contribution in [1.29, 1.82) is 0 Å². The quantitative estimate of drug-likeness (QED) is 0.0197. The molecule has 0 saturated heterocycles. The van der Waals surface area contributed by atoms with Crippen molar-refractivity contribution in [3.8, 4) is 0 Å². The lowest BCUT2D eigenvalue weighted by Crippen LogP contribution is -2.37. The molecule has 0 rings (SSSR count). The van der Waals surface area contributed by atoms with Gasteiger partial charge >= 0.3 is 5.97 Å². The number of rotatable bonds is 54. The molecule has 0 saturated carbocycles. The van der Waals surface area contributed by atoms with Crippen molar-refractivity contribution in [1.82, 2.24) is 0 Å². The molecule has 66 heavy (non-hydrogen) atoms. The number of nitrogens with zero attached hydrogens (tertiary/aromatic N) is 1. The van der Waals surface area contributed by atoms with Crippen molar-refractivity contribution in [3.05, 3.63) is 24.3 Å². The molecule has 0 spiro atoms. The fourth-order valence-corrected chi connectivity index (χ4v) is 9.07. The standard InChI is InChI=1S/C57H112NO7P/c1-6-8-10-12-14-16-18-20-22-24-26-27-28-29-30-31-32-34-36-38-40-42-44-46-48-50-57(59)65-56(55-64-66(60,61)63-53-51-58(3,4)5)54-62-52-49-47-45-43-41-39-37-35-33-25-23-21-19-17-15-13-11-9-7-2/h17,19,23,25,56H,6-16,18,20-22,24,26-55H2,1-5H3/b19-17-,25-23-. The number of phosphoric acid groups is 1. The van der Waals surface area contributed by atoms with Gasteiger partial charge in [-0.05, 0) is 44.9 Å². The van der Waals surface area contributed by atoms with Gasteiger partial charge in [0.1, 0.15) is 19.3 Å². The van der Waals surface area contributed by atoms with Gasteiger partial charge in [0.25, 0.3) is 7.82 Å². The maximum absolute atomic E-state index is 12.8. The van der Waals surface area contributed by atoms with Gasteiger partial charge in [0, 0.05) is 13.0 Å². The average Bonchev–Trinajstić information content (AvgIpc) is 3.28. The molecule has 0 aliphatic carbocycles. The molecule has 8 nitrogen and oxygen atoms in total. The van der Waals surface area contributed by atoms with Crippen LogP contribution >= 0.6 is 7.82 Å². The third-order valence-electron chi connectivity index (χ3n) is 12.8. The lowest BCUT2D eigenvalue weighted by atomic mass is 10.0. The van der Waals surface area contributed by atoms with Crippen LogP contribution in [0, 0.1) is 0 Å². The molecule has 9 heteroatoms. The molecule has 0 amide bonds. The van der Waals surface area contributed by atoms with Gasteiger partial charge in [-0.2, -0.15) is 0 Å². The van der Waals surface area contributed by atoms with Crippen molar-refractivity contribution < 1.29 is 37.3 Å². The number of hydrogen-bond acceptors (Lipinski definition) is 7. The molecule has 0 N–H and O–H groups in total. The number of likely N-dealkylation sites (N-methyl/N-ethyl adjacent to an activating group) is 1. The van der Waals surface area contributed by atoms with Crippen LogP contribution in [0.15, 0.2) is 24.3 Å². The second-order valence-corrected chi connectivity index (χ2v) is 22.1. The van der Waals surface area contributed by atoms with Gasteiger partial charge in [0.05, 0.1) is 34.4 Å². The zero-order valence-electron chi connectivity index (χ0n) is 44.7. The van der Waals surface area contributed by atoms with Crippen LogP contribution in [0.25, 0.3) is 0 Å². The maximum Gasteiger partial charge on any atom is 0.306 e. The fraction of sp³-hybridized carbons (Fsp3) is 0.912. The Morgan fingerprint density at radius 1 is 0.470 bits per heavy atom. The van der Waals surface area contributed by atoms with Crippen molar-refractivity contribution in [2.75, 3.05) is 54.1 Å². The van der Waals surface area contributed by atoms with E-state index in [2.05, 4.69) is 38.2 Å². The fourth-order valence-electron chi connectivity index (χ4n) is 8.35. The second-order valence-electron chi connectivity index (χ2n) is 20.7. The molecule has 0 aliphatic heterocycles. The number of allylic oxidation sites excluding steroid dienone is 4. The molecule has 2 atom stereocenters. The van der Waals surface area contributed by atoms with E-state index in [0.717, 1.165) is 38.5 Å². The van der Waals surface area contributed by atoms with Gasteiger partial charge in [-0.15, -0.1) is 0 Å². The Morgan fingerprint density at radius 2 is 0.833 bits per heavy atom. The number of hydrogen-bond donors (Lipinski definition) is 0. The normalized spacial score (nSPS) is 13.6. The minimum atomic E-state index is -4.53. The van der Waals surface area contributed by atoms with Crippen LogP contribution < -0.4 is 4.89 Å². The van der Waals surface area contributed by atoms with Crippen LogP contribution in [0.5, 0.6) is 0 Å².